The summed E-state index contributed by atoms with van der Waals surface area (Å²) in [5.74, 6) is 2.03. The number of rotatable bonds is 7. The summed E-state index contributed by atoms with van der Waals surface area (Å²) in [5, 5.41) is 3.44. The van der Waals surface area contributed by atoms with Gasteiger partial charge in [0.15, 0.2) is 11.5 Å². The van der Waals surface area contributed by atoms with Gasteiger partial charge < -0.3 is 19.5 Å². The smallest absolute Gasteiger partial charge is 0.203 e. The summed E-state index contributed by atoms with van der Waals surface area (Å²) < 4.78 is 16.0. The van der Waals surface area contributed by atoms with Crippen molar-refractivity contribution in [2.75, 3.05) is 27.9 Å². The highest BCUT2D eigenvalue weighted by molar-refractivity contribution is 5.54. The van der Waals surface area contributed by atoms with Crippen LogP contribution in [0.3, 0.4) is 0 Å². The first-order valence-electron chi connectivity index (χ1n) is 6.25. The van der Waals surface area contributed by atoms with Crippen molar-refractivity contribution >= 4 is 0 Å². The zero-order chi connectivity index (χ0) is 13.5. The first kappa shape index (κ1) is 14.6. The van der Waals surface area contributed by atoms with E-state index in [-0.39, 0.29) is 0 Å². The first-order chi connectivity index (χ1) is 8.71. The molecule has 0 radical (unpaired) electrons. The first-order valence-corrected chi connectivity index (χ1v) is 6.25. The van der Waals surface area contributed by atoms with E-state index in [9.17, 15) is 0 Å². The van der Waals surface area contributed by atoms with Gasteiger partial charge in [0.05, 0.1) is 21.3 Å². The predicted molar refractivity (Wildman–Crippen MR) is 72.8 cm³/mol. The van der Waals surface area contributed by atoms with Crippen LogP contribution in [0.2, 0.25) is 0 Å². The van der Waals surface area contributed by atoms with Crippen LogP contribution in [0.15, 0.2) is 12.1 Å². The Bertz CT molecular complexity index is 354. The molecule has 102 valence electrons. The number of ether oxygens (including phenoxy) is 3. The normalized spacial score (nSPS) is 12.1. The van der Waals surface area contributed by atoms with Gasteiger partial charge in [0, 0.05) is 6.04 Å². The molecule has 0 saturated heterocycles. The van der Waals surface area contributed by atoms with Crippen molar-refractivity contribution in [3.05, 3.63) is 17.7 Å². The molecule has 1 aromatic carbocycles. The molecule has 1 rings (SSSR count). The fourth-order valence-corrected chi connectivity index (χ4v) is 2.05. The summed E-state index contributed by atoms with van der Waals surface area (Å²) in [5.41, 5.74) is 1.15. The van der Waals surface area contributed by atoms with Crippen molar-refractivity contribution in [1.29, 1.82) is 0 Å². The molecule has 0 amide bonds. The van der Waals surface area contributed by atoms with Crippen LogP contribution < -0.4 is 19.5 Å². The second-order valence-electron chi connectivity index (χ2n) is 3.98. The van der Waals surface area contributed by atoms with Gasteiger partial charge in [-0.1, -0.05) is 13.8 Å². The third kappa shape index (κ3) is 3.07. The maximum absolute atomic E-state index is 5.36. The lowest BCUT2D eigenvalue weighted by molar-refractivity contribution is 0.323. The van der Waals surface area contributed by atoms with Crippen LogP contribution in [0.5, 0.6) is 17.2 Å². The molecular formula is C14H23NO3. The van der Waals surface area contributed by atoms with Crippen LogP contribution in [0, 0.1) is 0 Å². The molecule has 1 atom stereocenters. The molecule has 0 aromatic heterocycles. The van der Waals surface area contributed by atoms with Crippen LogP contribution in [0.1, 0.15) is 31.9 Å². The summed E-state index contributed by atoms with van der Waals surface area (Å²) in [6.45, 7) is 5.17. The topological polar surface area (TPSA) is 39.7 Å². The zero-order valence-corrected chi connectivity index (χ0v) is 11.9. The molecule has 1 N–H and O–H groups in total. The van der Waals surface area contributed by atoms with Gasteiger partial charge >= 0.3 is 0 Å². The van der Waals surface area contributed by atoms with Crippen LogP contribution in [0.25, 0.3) is 0 Å². The summed E-state index contributed by atoms with van der Waals surface area (Å²) in [6, 6.07) is 4.29. The Hall–Kier alpha value is -1.42. The second kappa shape index (κ2) is 7.11. The van der Waals surface area contributed by atoms with E-state index in [1.165, 1.54) is 0 Å². The van der Waals surface area contributed by atoms with Gasteiger partial charge in [0.2, 0.25) is 5.75 Å². The Kier molecular flexibility index (Phi) is 5.78. The summed E-state index contributed by atoms with van der Waals surface area (Å²) in [6.07, 6.45) is 1.01. The average molecular weight is 253 g/mol. The fraction of sp³-hybridized carbons (Fsp3) is 0.571. The minimum Gasteiger partial charge on any atom is -0.493 e. The number of methoxy groups -OCH3 is 3. The van der Waals surface area contributed by atoms with Crippen molar-refractivity contribution in [2.45, 2.75) is 26.3 Å². The quantitative estimate of drug-likeness (QED) is 0.811. The second-order valence-corrected chi connectivity index (χ2v) is 3.98. The van der Waals surface area contributed by atoms with E-state index in [2.05, 4.69) is 19.2 Å². The molecule has 0 aliphatic carbocycles. The summed E-state index contributed by atoms with van der Waals surface area (Å²) >= 11 is 0. The molecule has 18 heavy (non-hydrogen) atoms. The SMILES string of the molecule is CCNC(CC)c1cc(OC)c(OC)c(OC)c1. The fourth-order valence-electron chi connectivity index (χ4n) is 2.05. The zero-order valence-electron chi connectivity index (χ0n) is 11.9. The van der Waals surface area contributed by atoms with Gasteiger partial charge in [-0.2, -0.15) is 0 Å². The molecule has 0 saturated carbocycles. The predicted octanol–water partition coefficient (Wildman–Crippen LogP) is 2.77. The Balaban J connectivity index is 3.21. The Morgan fingerprint density at radius 2 is 1.56 bits per heavy atom. The molecule has 0 aliphatic rings. The van der Waals surface area contributed by atoms with E-state index in [0.717, 1.165) is 18.5 Å². The lowest BCUT2D eigenvalue weighted by Gasteiger charge is -2.20. The lowest BCUT2D eigenvalue weighted by Crippen LogP contribution is -2.20. The Labute approximate surface area is 109 Å². The molecule has 0 aliphatic heterocycles. The average Bonchev–Trinajstić information content (AvgIpc) is 2.42. The Morgan fingerprint density at radius 3 is 1.89 bits per heavy atom. The van der Waals surface area contributed by atoms with E-state index < -0.39 is 0 Å². The van der Waals surface area contributed by atoms with E-state index in [1.807, 2.05) is 12.1 Å². The summed E-state index contributed by atoms with van der Waals surface area (Å²) in [7, 11) is 4.88. The van der Waals surface area contributed by atoms with E-state index in [1.54, 1.807) is 21.3 Å². The minimum absolute atomic E-state index is 0.295. The van der Waals surface area contributed by atoms with Gasteiger partial charge in [0.25, 0.3) is 0 Å². The molecule has 1 unspecified atom stereocenters. The van der Waals surface area contributed by atoms with Crippen LogP contribution >= 0.6 is 0 Å². The van der Waals surface area contributed by atoms with Crippen LogP contribution in [0.4, 0.5) is 0 Å². The van der Waals surface area contributed by atoms with Crippen LogP contribution in [-0.2, 0) is 0 Å². The van der Waals surface area contributed by atoms with Crippen molar-refractivity contribution in [3.8, 4) is 17.2 Å². The number of benzene rings is 1. The van der Waals surface area contributed by atoms with Gasteiger partial charge in [-0.3, -0.25) is 0 Å². The standard InChI is InChI=1S/C14H23NO3/c1-6-11(15-7-2)10-8-12(16-3)14(18-5)13(9-10)17-4/h8-9,11,15H,6-7H2,1-5H3. The highest BCUT2D eigenvalue weighted by Crippen LogP contribution is 2.40. The van der Waals surface area contributed by atoms with Crippen LogP contribution in [-0.4, -0.2) is 27.9 Å². The molecule has 1 aromatic rings. The molecule has 0 heterocycles. The molecule has 4 heteroatoms. The highest BCUT2D eigenvalue weighted by atomic mass is 16.5. The van der Waals surface area contributed by atoms with Crippen molar-refractivity contribution < 1.29 is 14.2 Å². The van der Waals surface area contributed by atoms with Gasteiger partial charge in [-0.25, -0.2) is 0 Å². The summed E-state index contributed by atoms with van der Waals surface area (Å²) in [4.78, 5) is 0. The van der Waals surface area contributed by atoms with Crippen molar-refractivity contribution in [3.63, 3.8) is 0 Å². The molecule has 0 fully saturated rings. The number of nitrogens with one attached hydrogen (secondary N) is 1. The number of hydrogen-bond donors (Lipinski definition) is 1. The largest absolute Gasteiger partial charge is 0.493 e. The highest BCUT2D eigenvalue weighted by Gasteiger charge is 2.17. The van der Waals surface area contributed by atoms with E-state index in [4.69, 9.17) is 14.2 Å². The third-order valence-electron chi connectivity index (χ3n) is 2.95. The lowest BCUT2D eigenvalue weighted by atomic mass is 10.0. The maximum atomic E-state index is 5.36. The van der Waals surface area contributed by atoms with Crippen molar-refractivity contribution in [2.24, 2.45) is 0 Å². The minimum atomic E-state index is 0.295. The maximum Gasteiger partial charge on any atom is 0.203 e. The van der Waals surface area contributed by atoms with Gasteiger partial charge in [0.1, 0.15) is 0 Å². The number of hydrogen-bond acceptors (Lipinski definition) is 4. The Morgan fingerprint density at radius 1 is 1.00 bits per heavy atom. The molecule has 4 nitrogen and oxygen atoms in total. The monoisotopic (exact) mass is 253 g/mol. The molecule has 0 spiro atoms. The molecular weight excluding hydrogens is 230 g/mol. The van der Waals surface area contributed by atoms with E-state index in [0.29, 0.717) is 23.3 Å². The third-order valence-corrected chi connectivity index (χ3v) is 2.95. The van der Waals surface area contributed by atoms with Gasteiger partial charge in [-0.15, -0.1) is 0 Å². The molecule has 0 bridgehead atoms. The van der Waals surface area contributed by atoms with Crippen molar-refractivity contribution in [1.82, 2.24) is 5.32 Å². The van der Waals surface area contributed by atoms with Gasteiger partial charge in [-0.05, 0) is 30.7 Å². The van der Waals surface area contributed by atoms with E-state index >= 15 is 0 Å².